The van der Waals surface area contributed by atoms with E-state index < -0.39 is 5.91 Å². The standard InChI is InChI=1S/C14H18N4O3/c1-14(2)5-11(19)18(12(20)6-14)8-10-4-3-9(7-16-10)13(21)17-15/h3-4,7H,5-6,8,15H2,1-2H3,(H,17,21). The summed E-state index contributed by atoms with van der Waals surface area (Å²) in [5.74, 6) is 4.20. The Morgan fingerprint density at radius 1 is 1.33 bits per heavy atom. The number of aromatic nitrogens is 1. The number of pyridine rings is 1. The summed E-state index contributed by atoms with van der Waals surface area (Å²) in [4.78, 5) is 40.7. The Kier molecular flexibility index (Phi) is 4.04. The molecule has 1 aromatic rings. The highest BCUT2D eigenvalue weighted by molar-refractivity contribution is 5.98. The molecular formula is C14H18N4O3. The van der Waals surface area contributed by atoms with Gasteiger partial charge in [0.1, 0.15) is 0 Å². The fraction of sp³-hybridized carbons (Fsp3) is 0.429. The fourth-order valence-electron chi connectivity index (χ4n) is 2.29. The van der Waals surface area contributed by atoms with Gasteiger partial charge in [-0.3, -0.25) is 29.7 Å². The number of nitrogens with zero attached hydrogens (tertiary/aromatic N) is 2. The molecule has 7 nitrogen and oxygen atoms in total. The number of nitrogens with one attached hydrogen (secondary N) is 1. The number of rotatable bonds is 3. The zero-order valence-electron chi connectivity index (χ0n) is 12.0. The van der Waals surface area contributed by atoms with Crippen molar-refractivity contribution in [3.05, 3.63) is 29.6 Å². The second-order valence-electron chi connectivity index (χ2n) is 5.90. The van der Waals surface area contributed by atoms with Crippen molar-refractivity contribution in [3.8, 4) is 0 Å². The number of likely N-dealkylation sites (tertiary alicyclic amines) is 1. The van der Waals surface area contributed by atoms with Crippen molar-refractivity contribution in [1.29, 1.82) is 0 Å². The Morgan fingerprint density at radius 2 is 1.95 bits per heavy atom. The van der Waals surface area contributed by atoms with Crippen LogP contribution < -0.4 is 11.3 Å². The Bertz CT molecular complexity index is 560. The van der Waals surface area contributed by atoms with Gasteiger partial charge in [0.25, 0.3) is 5.91 Å². The van der Waals surface area contributed by atoms with Crippen LogP contribution in [0.3, 0.4) is 0 Å². The van der Waals surface area contributed by atoms with E-state index in [0.717, 1.165) is 0 Å². The van der Waals surface area contributed by atoms with Crippen molar-refractivity contribution >= 4 is 17.7 Å². The summed E-state index contributed by atoms with van der Waals surface area (Å²) in [5, 5.41) is 0. The van der Waals surface area contributed by atoms with Crippen LogP contribution in [-0.4, -0.2) is 27.6 Å². The van der Waals surface area contributed by atoms with Crippen LogP contribution in [0.15, 0.2) is 18.3 Å². The highest BCUT2D eigenvalue weighted by Crippen LogP contribution is 2.31. The van der Waals surface area contributed by atoms with E-state index in [0.29, 0.717) is 24.1 Å². The van der Waals surface area contributed by atoms with E-state index >= 15 is 0 Å². The molecule has 7 heteroatoms. The molecule has 1 saturated heterocycles. The summed E-state index contributed by atoms with van der Waals surface area (Å²) in [7, 11) is 0. The first kappa shape index (κ1) is 15.1. The van der Waals surface area contributed by atoms with E-state index in [4.69, 9.17) is 5.84 Å². The summed E-state index contributed by atoms with van der Waals surface area (Å²) in [6, 6.07) is 3.15. The molecule has 1 aliphatic rings. The maximum atomic E-state index is 12.0. The Hall–Kier alpha value is -2.28. The summed E-state index contributed by atoms with van der Waals surface area (Å²) in [6.07, 6.45) is 2.04. The second-order valence-corrected chi connectivity index (χ2v) is 5.90. The van der Waals surface area contributed by atoms with Crippen LogP contribution in [0, 0.1) is 5.41 Å². The van der Waals surface area contributed by atoms with Gasteiger partial charge in [-0.25, -0.2) is 5.84 Å². The van der Waals surface area contributed by atoms with Crippen LogP contribution in [0.5, 0.6) is 0 Å². The Labute approximate surface area is 122 Å². The lowest BCUT2D eigenvalue weighted by Gasteiger charge is -2.34. The van der Waals surface area contributed by atoms with E-state index in [1.165, 1.54) is 11.1 Å². The van der Waals surface area contributed by atoms with Gasteiger partial charge in [0.2, 0.25) is 11.8 Å². The van der Waals surface area contributed by atoms with E-state index in [9.17, 15) is 14.4 Å². The number of piperidine rings is 1. The Morgan fingerprint density at radius 3 is 2.43 bits per heavy atom. The van der Waals surface area contributed by atoms with Crippen LogP contribution >= 0.6 is 0 Å². The van der Waals surface area contributed by atoms with Gasteiger partial charge in [-0.1, -0.05) is 13.8 Å². The molecule has 0 atom stereocenters. The van der Waals surface area contributed by atoms with E-state index in [2.05, 4.69) is 4.98 Å². The third-order valence-corrected chi connectivity index (χ3v) is 3.40. The SMILES string of the molecule is CC1(C)CC(=O)N(Cc2ccc(C(=O)NN)cn2)C(=O)C1. The van der Waals surface area contributed by atoms with Gasteiger partial charge in [0.15, 0.2) is 0 Å². The maximum Gasteiger partial charge on any atom is 0.266 e. The lowest BCUT2D eigenvalue weighted by Crippen LogP contribution is -2.45. The third-order valence-electron chi connectivity index (χ3n) is 3.40. The molecule has 0 spiro atoms. The van der Waals surface area contributed by atoms with Crippen molar-refractivity contribution in [2.75, 3.05) is 0 Å². The Balaban J connectivity index is 2.09. The normalized spacial score (nSPS) is 17.8. The maximum absolute atomic E-state index is 12.0. The predicted octanol–water partition coefficient (Wildman–Crippen LogP) is 0.360. The van der Waals surface area contributed by atoms with Crippen molar-refractivity contribution in [3.63, 3.8) is 0 Å². The fourth-order valence-corrected chi connectivity index (χ4v) is 2.29. The van der Waals surface area contributed by atoms with Gasteiger partial charge in [-0.15, -0.1) is 0 Å². The molecule has 2 heterocycles. The smallest absolute Gasteiger partial charge is 0.266 e. The number of hydrogen-bond acceptors (Lipinski definition) is 5. The lowest BCUT2D eigenvalue weighted by atomic mass is 9.82. The highest BCUT2D eigenvalue weighted by atomic mass is 16.2. The molecule has 2 rings (SSSR count). The molecule has 3 N–H and O–H groups in total. The summed E-state index contributed by atoms with van der Waals surface area (Å²) in [6.45, 7) is 3.93. The number of nitrogen functional groups attached to an aromatic ring is 1. The number of carbonyl (C=O) groups excluding carboxylic acids is 3. The number of nitrogens with two attached hydrogens (primary N) is 1. The molecule has 1 aliphatic heterocycles. The minimum absolute atomic E-state index is 0.123. The highest BCUT2D eigenvalue weighted by Gasteiger charge is 2.37. The molecular weight excluding hydrogens is 272 g/mol. The predicted molar refractivity (Wildman–Crippen MR) is 74.5 cm³/mol. The van der Waals surface area contributed by atoms with Crippen LogP contribution in [-0.2, 0) is 16.1 Å². The van der Waals surface area contributed by atoms with Crippen LogP contribution in [0.2, 0.25) is 0 Å². The number of imide groups is 1. The van der Waals surface area contributed by atoms with Gasteiger partial charge in [-0.2, -0.15) is 0 Å². The van der Waals surface area contributed by atoms with Crippen molar-refractivity contribution in [2.45, 2.75) is 33.2 Å². The largest absolute Gasteiger partial charge is 0.290 e. The van der Waals surface area contributed by atoms with E-state index in [1.54, 1.807) is 12.1 Å². The van der Waals surface area contributed by atoms with Crippen LogP contribution in [0.1, 0.15) is 42.7 Å². The summed E-state index contributed by atoms with van der Waals surface area (Å²) in [5.41, 5.74) is 2.58. The van der Waals surface area contributed by atoms with Crippen LogP contribution in [0.25, 0.3) is 0 Å². The van der Waals surface area contributed by atoms with Crippen molar-refractivity contribution in [1.82, 2.24) is 15.3 Å². The van der Waals surface area contributed by atoms with Gasteiger partial charge in [0, 0.05) is 19.0 Å². The molecule has 3 amide bonds. The number of hydrazine groups is 1. The average molecular weight is 290 g/mol. The van der Waals surface area contributed by atoms with E-state index in [1.807, 2.05) is 19.3 Å². The van der Waals surface area contributed by atoms with E-state index in [-0.39, 0.29) is 23.8 Å². The molecule has 1 aromatic heterocycles. The van der Waals surface area contributed by atoms with Gasteiger partial charge < -0.3 is 0 Å². The van der Waals surface area contributed by atoms with Crippen molar-refractivity contribution in [2.24, 2.45) is 11.3 Å². The molecule has 0 unspecified atom stereocenters. The van der Waals surface area contributed by atoms with Gasteiger partial charge >= 0.3 is 0 Å². The quantitative estimate of drug-likeness (QED) is 0.362. The first-order chi connectivity index (χ1) is 9.82. The monoisotopic (exact) mass is 290 g/mol. The van der Waals surface area contributed by atoms with Gasteiger partial charge in [0.05, 0.1) is 17.8 Å². The molecule has 0 aliphatic carbocycles. The molecule has 0 aromatic carbocycles. The third kappa shape index (κ3) is 3.43. The molecule has 0 bridgehead atoms. The molecule has 112 valence electrons. The first-order valence-electron chi connectivity index (χ1n) is 6.61. The second kappa shape index (κ2) is 5.61. The molecule has 1 fully saturated rings. The minimum Gasteiger partial charge on any atom is -0.290 e. The summed E-state index contributed by atoms with van der Waals surface area (Å²) < 4.78 is 0. The number of carbonyl (C=O) groups is 3. The molecule has 0 saturated carbocycles. The van der Waals surface area contributed by atoms with Gasteiger partial charge in [-0.05, 0) is 17.5 Å². The molecule has 0 radical (unpaired) electrons. The first-order valence-corrected chi connectivity index (χ1v) is 6.61. The number of hydrogen-bond donors (Lipinski definition) is 2. The van der Waals surface area contributed by atoms with Crippen molar-refractivity contribution < 1.29 is 14.4 Å². The topological polar surface area (TPSA) is 105 Å². The lowest BCUT2D eigenvalue weighted by molar-refractivity contribution is -0.153. The zero-order chi connectivity index (χ0) is 15.6. The summed E-state index contributed by atoms with van der Waals surface area (Å²) >= 11 is 0. The number of amides is 3. The van der Waals surface area contributed by atoms with Crippen LogP contribution in [0.4, 0.5) is 0 Å². The average Bonchev–Trinajstić information content (AvgIpc) is 2.41. The zero-order valence-corrected chi connectivity index (χ0v) is 12.0. The molecule has 21 heavy (non-hydrogen) atoms. The minimum atomic E-state index is -0.444.